The van der Waals surface area contributed by atoms with E-state index in [4.69, 9.17) is 16.3 Å². The Kier molecular flexibility index (Phi) is 8.46. The smallest absolute Gasteiger partial charge is 0.407 e. The molecule has 206 valence electrons. The molecule has 0 atom stereocenters. The van der Waals surface area contributed by atoms with Crippen LogP contribution in [0.3, 0.4) is 0 Å². The van der Waals surface area contributed by atoms with Crippen LogP contribution in [0.1, 0.15) is 30.9 Å². The van der Waals surface area contributed by atoms with E-state index in [1.165, 1.54) is 29.2 Å². The van der Waals surface area contributed by atoms with Crippen molar-refractivity contribution < 1.29 is 32.2 Å². The first-order chi connectivity index (χ1) is 18.5. The topological polar surface area (TPSA) is 113 Å². The summed E-state index contributed by atoms with van der Waals surface area (Å²) in [6, 6.07) is 17.4. The minimum Gasteiger partial charge on any atom is -0.482 e. The molecule has 1 aliphatic rings. The Morgan fingerprint density at radius 1 is 1.05 bits per heavy atom. The van der Waals surface area contributed by atoms with E-state index in [-0.39, 0.29) is 41.1 Å². The molecule has 11 heteroatoms. The van der Waals surface area contributed by atoms with Gasteiger partial charge in [-0.1, -0.05) is 36.7 Å². The molecule has 3 aromatic carbocycles. The lowest BCUT2D eigenvalue weighted by molar-refractivity contribution is -0.115. The van der Waals surface area contributed by atoms with Gasteiger partial charge in [-0.25, -0.2) is 17.6 Å². The summed E-state index contributed by atoms with van der Waals surface area (Å²) in [5.74, 6) is -0.383. The number of anilines is 1. The molecule has 0 aromatic heterocycles. The lowest BCUT2D eigenvalue weighted by Crippen LogP contribution is -2.47. The third-order valence-electron chi connectivity index (χ3n) is 6.77. The standard InChI is InChI=1S/C28H28ClFN2O6S/c1-2-39(36,37)23-10-3-19(4-11-23)17-26(33)31-21-6-8-22(9-7-21)38-28(13-15-32(16-14-28)27(34)35)20-5-12-24(29)25(30)18-20/h3-12,18H,2,13-17H2,1H3,(H,31,33)(H,34,35). The maximum atomic E-state index is 14.3. The molecule has 0 bridgehead atoms. The fourth-order valence-electron chi connectivity index (χ4n) is 4.49. The van der Waals surface area contributed by atoms with Crippen LogP contribution in [-0.2, 0) is 26.7 Å². The van der Waals surface area contributed by atoms with Crippen molar-refractivity contribution in [2.24, 2.45) is 0 Å². The molecule has 0 saturated carbocycles. The molecule has 1 aliphatic heterocycles. The number of carboxylic acid groups (broad SMARTS) is 1. The predicted octanol–water partition coefficient (Wildman–Crippen LogP) is 5.50. The summed E-state index contributed by atoms with van der Waals surface area (Å²) in [4.78, 5) is 25.5. The van der Waals surface area contributed by atoms with Crippen LogP contribution in [0.15, 0.2) is 71.6 Å². The van der Waals surface area contributed by atoms with Gasteiger partial charge >= 0.3 is 6.09 Å². The first kappa shape index (κ1) is 28.4. The highest BCUT2D eigenvalue weighted by atomic mass is 35.5. The molecule has 3 aromatic rings. The average Bonchev–Trinajstić information content (AvgIpc) is 2.92. The largest absolute Gasteiger partial charge is 0.482 e. The third kappa shape index (κ3) is 6.69. The molecule has 4 rings (SSSR count). The Morgan fingerprint density at radius 2 is 1.69 bits per heavy atom. The van der Waals surface area contributed by atoms with Gasteiger partial charge in [0.25, 0.3) is 0 Å². The molecule has 0 aliphatic carbocycles. The van der Waals surface area contributed by atoms with Gasteiger partial charge in [0.15, 0.2) is 9.84 Å². The van der Waals surface area contributed by atoms with Crippen LogP contribution in [0.5, 0.6) is 5.75 Å². The second-order valence-corrected chi connectivity index (χ2v) is 12.0. The normalized spacial score (nSPS) is 15.0. The maximum absolute atomic E-state index is 14.3. The van der Waals surface area contributed by atoms with E-state index in [9.17, 15) is 27.5 Å². The summed E-state index contributed by atoms with van der Waals surface area (Å²) >= 11 is 5.87. The number of carbonyl (C=O) groups excluding carboxylic acids is 1. The highest BCUT2D eigenvalue weighted by molar-refractivity contribution is 7.91. The van der Waals surface area contributed by atoms with Gasteiger partial charge < -0.3 is 20.1 Å². The van der Waals surface area contributed by atoms with Crippen molar-refractivity contribution in [2.45, 2.75) is 36.7 Å². The van der Waals surface area contributed by atoms with Crippen LogP contribution in [0.2, 0.25) is 5.02 Å². The predicted molar refractivity (Wildman–Crippen MR) is 145 cm³/mol. The number of hydrogen-bond acceptors (Lipinski definition) is 5. The van der Waals surface area contributed by atoms with E-state index < -0.39 is 27.3 Å². The number of sulfone groups is 1. The van der Waals surface area contributed by atoms with Crippen molar-refractivity contribution in [1.29, 1.82) is 0 Å². The van der Waals surface area contributed by atoms with Gasteiger partial charge in [-0.2, -0.15) is 0 Å². The minimum absolute atomic E-state index is 0.00499. The molecule has 2 N–H and O–H groups in total. The molecule has 39 heavy (non-hydrogen) atoms. The van der Waals surface area contributed by atoms with Crippen LogP contribution in [0.4, 0.5) is 14.9 Å². The number of ether oxygens (including phenoxy) is 1. The molecule has 8 nitrogen and oxygen atoms in total. The zero-order valence-corrected chi connectivity index (χ0v) is 22.8. The van der Waals surface area contributed by atoms with E-state index in [0.717, 1.165) is 0 Å². The van der Waals surface area contributed by atoms with E-state index in [1.54, 1.807) is 49.4 Å². The van der Waals surface area contributed by atoms with E-state index in [2.05, 4.69) is 5.32 Å². The minimum atomic E-state index is -3.31. The number of likely N-dealkylation sites (tertiary alicyclic amines) is 1. The van der Waals surface area contributed by atoms with E-state index in [1.807, 2.05) is 0 Å². The van der Waals surface area contributed by atoms with Gasteiger partial charge in [0.05, 0.1) is 22.1 Å². The maximum Gasteiger partial charge on any atom is 0.407 e. The van der Waals surface area contributed by atoms with E-state index >= 15 is 0 Å². The number of hydrogen-bond donors (Lipinski definition) is 2. The van der Waals surface area contributed by atoms with Gasteiger partial charge in [-0.15, -0.1) is 0 Å². The van der Waals surface area contributed by atoms with Gasteiger partial charge in [0.2, 0.25) is 5.91 Å². The molecule has 0 spiro atoms. The lowest BCUT2D eigenvalue weighted by Gasteiger charge is -2.41. The first-order valence-electron chi connectivity index (χ1n) is 12.4. The molecule has 0 unspecified atom stereocenters. The highest BCUT2D eigenvalue weighted by Crippen LogP contribution is 2.39. The molecule has 2 amide bonds. The number of benzene rings is 3. The number of carbonyl (C=O) groups is 2. The quantitative estimate of drug-likeness (QED) is 0.367. The number of rotatable bonds is 8. The average molecular weight is 575 g/mol. The molecule has 0 radical (unpaired) electrons. The van der Waals surface area contributed by atoms with Crippen LogP contribution in [0.25, 0.3) is 0 Å². The molecule has 1 saturated heterocycles. The Bertz CT molecular complexity index is 1450. The number of halogens is 2. The highest BCUT2D eigenvalue weighted by Gasteiger charge is 2.40. The van der Waals surface area contributed by atoms with Gasteiger partial charge in [-0.05, 0) is 59.7 Å². The lowest BCUT2D eigenvalue weighted by atomic mass is 9.84. The summed E-state index contributed by atoms with van der Waals surface area (Å²) in [7, 11) is -3.31. The van der Waals surface area contributed by atoms with Crippen molar-refractivity contribution in [2.75, 3.05) is 24.2 Å². The number of nitrogens with zero attached hydrogens (tertiary/aromatic N) is 1. The molecule has 1 heterocycles. The molecular weight excluding hydrogens is 547 g/mol. The summed E-state index contributed by atoms with van der Waals surface area (Å²) in [5.41, 5.74) is 0.807. The monoisotopic (exact) mass is 574 g/mol. The van der Waals surface area contributed by atoms with Crippen molar-refractivity contribution in [3.8, 4) is 5.75 Å². The zero-order chi connectivity index (χ0) is 28.2. The Labute approximate surface area is 231 Å². The van der Waals surface area contributed by atoms with Crippen LogP contribution < -0.4 is 10.1 Å². The number of piperidine rings is 1. The van der Waals surface area contributed by atoms with Crippen molar-refractivity contribution in [3.63, 3.8) is 0 Å². The molecule has 1 fully saturated rings. The van der Waals surface area contributed by atoms with Crippen molar-refractivity contribution >= 4 is 39.1 Å². The summed E-state index contributed by atoms with van der Waals surface area (Å²) in [5, 5.41) is 12.1. The number of nitrogens with one attached hydrogen (secondary N) is 1. The summed E-state index contributed by atoms with van der Waals surface area (Å²) < 4.78 is 44.6. The molecular formula is C28H28ClFN2O6S. The summed E-state index contributed by atoms with van der Waals surface area (Å²) in [6.07, 6.45) is -0.322. The Balaban J connectivity index is 1.44. The van der Waals surface area contributed by atoms with Crippen LogP contribution in [0, 0.1) is 5.82 Å². The van der Waals surface area contributed by atoms with Crippen LogP contribution >= 0.6 is 11.6 Å². The fourth-order valence-corrected chi connectivity index (χ4v) is 5.49. The Morgan fingerprint density at radius 3 is 2.26 bits per heavy atom. The Hall–Kier alpha value is -3.63. The van der Waals surface area contributed by atoms with E-state index in [0.29, 0.717) is 35.4 Å². The van der Waals surface area contributed by atoms with Crippen LogP contribution in [-0.4, -0.2) is 49.3 Å². The fraction of sp³-hybridized carbons (Fsp3) is 0.286. The van der Waals surface area contributed by atoms with Gasteiger partial charge in [-0.3, -0.25) is 4.79 Å². The third-order valence-corrected chi connectivity index (χ3v) is 8.82. The second-order valence-electron chi connectivity index (χ2n) is 9.29. The second kappa shape index (κ2) is 11.6. The zero-order valence-electron chi connectivity index (χ0n) is 21.2. The van der Waals surface area contributed by atoms with Gasteiger partial charge in [0, 0.05) is 31.6 Å². The SMILES string of the molecule is CCS(=O)(=O)c1ccc(CC(=O)Nc2ccc(OC3(c4ccc(Cl)c(F)c4)CCN(C(=O)O)CC3)cc2)cc1. The first-order valence-corrected chi connectivity index (χ1v) is 14.4. The van der Waals surface area contributed by atoms with Crippen molar-refractivity contribution in [1.82, 2.24) is 4.90 Å². The van der Waals surface area contributed by atoms with Crippen molar-refractivity contribution in [3.05, 3.63) is 88.7 Å². The summed E-state index contributed by atoms with van der Waals surface area (Å²) in [6.45, 7) is 2.02. The van der Waals surface area contributed by atoms with Gasteiger partial charge in [0.1, 0.15) is 17.2 Å². The number of amides is 2.